The smallest absolute Gasteiger partial charge is 0.324 e. The number of anilines is 2. The number of thiazole rings is 1. The lowest BCUT2D eigenvalue weighted by atomic mass is 10.2. The van der Waals surface area contributed by atoms with Crippen LogP contribution in [0, 0.1) is 17.5 Å². The van der Waals surface area contributed by atoms with Crippen LogP contribution in [-0.4, -0.2) is 28.9 Å². The van der Waals surface area contributed by atoms with Crippen LogP contribution >= 0.6 is 22.9 Å². The summed E-state index contributed by atoms with van der Waals surface area (Å²) in [5, 5.41) is 9.07. The number of fused-ring (bicyclic) bond motifs is 1. The Hall–Kier alpha value is -3.97. The zero-order valence-corrected chi connectivity index (χ0v) is 19.7. The minimum absolute atomic E-state index is 0.137. The van der Waals surface area contributed by atoms with E-state index in [4.69, 9.17) is 14.3 Å². The number of rotatable bonds is 6. The Morgan fingerprint density at radius 2 is 1.89 bits per heavy atom. The van der Waals surface area contributed by atoms with Crippen molar-refractivity contribution in [3.05, 3.63) is 96.1 Å². The predicted octanol–water partition coefficient (Wildman–Crippen LogP) is 3.66. The molecule has 0 saturated carbocycles. The van der Waals surface area contributed by atoms with Crippen LogP contribution in [0.1, 0.15) is 14.0 Å². The lowest BCUT2D eigenvalue weighted by Gasteiger charge is -2.16. The predicted molar refractivity (Wildman–Crippen MR) is 128 cm³/mol. The molecular weight excluding hydrogens is 519 g/mol. The standard InChI is InChI=1S/C22H15ClF3N7O2S/c1-31-6-12-3-19(14(23)4-18(12)30-31)28-20-29-21(34)33(8-13-9-36-10-27-13)22(35)32(20)7-11-2-16(25)17(26)5-15(11)24/h2-6,9-10H,7-8H2,1H3,(H,28,29,34)/i8D2. The molecule has 0 fully saturated rings. The highest BCUT2D eigenvalue weighted by atomic mass is 35.5. The zero-order valence-electron chi connectivity index (χ0n) is 20.2. The number of hydrogen-bond acceptors (Lipinski definition) is 7. The Labute approximate surface area is 211 Å². The van der Waals surface area contributed by atoms with Gasteiger partial charge in [-0.2, -0.15) is 10.1 Å². The number of benzene rings is 2. The van der Waals surface area contributed by atoms with Crippen molar-refractivity contribution < 1.29 is 15.9 Å². The van der Waals surface area contributed by atoms with Crippen molar-refractivity contribution in [2.45, 2.75) is 13.0 Å². The van der Waals surface area contributed by atoms with Gasteiger partial charge in [-0.1, -0.05) is 11.6 Å². The van der Waals surface area contributed by atoms with Crippen LogP contribution in [-0.2, 0) is 20.1 Å². The Morgan fingerprint density at radius 3 is 2.64 bits per heavy atom. The third kappa shape index (κ3) is 4.50. The van der Waals surface area contributed by atoms with Crippen LogP contribution in [0.2, 0.25) is 5.02 Å². The summed E-state index contributed by atoms with van der Waals surface area (Å²) < 4.78 is 61.2. The Balaban J connectivity index is 1.71. The summed E-state index contributed by atoms with van der Waals surface area (Å²) in [5.74, 6) is -4.42. The molecular formula is C22H15ClF3N7O2S. The minimum atomic E-state index is -2.74. The highest BCUT2D eigenvalue weighted by molar-refractivity contribution is 7.07. The van der Waals surface area contributed by atoms with Gasteiger partial charge in [-0.3, -0.25) is 9.25 Å². The van der Waals surface area contributed by atoms with E-state index in [2.05, 4.69) is 20.4 Å². The molecule has 2 aromatic carbocycles. The van der Waals surface area contributed by atoms with Crippen molar-refractivity contribution in [2.75, 3.05) is 5.32 Å². The number of halogens is 4. The van der Waals surface area contributed by atoms with Crippen LogP contribution in [0.15, 0.2) is 50.9 Å². The molecule has 1 N–H and O–H groups in total. The highest BCUT2D eigenvalue weighted by Crippen LogP contribution is 2.29. The van der Waals surface area contributed by atoms with Gasteiger partial charge in [-0.15, -0.1) is 11.3 Å². The second-order valence-electron chi connectivity index (χ2n) is 7.58. The topological polar surface area (TPSA) is 99.6 Å². The second kappa shape index (κ2) is 9.24. The first-order valence-corrected chi connectivity index (χ1v) is 11.4. The molecule has 0 aliphatic rings. The molecule has 9 nitrogen and oxygen atoms in total. The summed E-state index contributed by atoms with van der Waals surface area (Å²) in [4.78, 5) is 34.2. The van der Waals surface area contributed by atoms with E-state index >= 15 is 0 Å². The van der Waals surface area contributed by atoms with Crippen molar-refractivity contribution >= 4 is 45.5 Å². The lowest BCUT2D eigenvalue weighted by molar-refractivity contribution is 0.485. The normalized spacial score (nSPS) is 12.6. The van der Waals surface area contributed by atoms with Crippen LogP contribution in [0.4, 0.5) is 24.8 Å². The quantitative estimate of drug-likeness (QED) is 0.333. The Kier molecular flexibility index (Phi) is 5.47. The van der Waals surface area contributed by atoms with Gasteiger partial charge in [0.1, 0.15) is 5.82 Å². The van der Waals surface area contributed by atoms with Gasteiger partial charge in [0.15, 0.2) is 11.6 Å². The van der Waals surface area contributed by atoms with E-state index in [9.17, 15) is 22.8 Å². The number of aryl methyl sites for hydroxylation is 1. The molecule has 0 aliphatic carbocycles. The summed E-state index contributed by atoms with van der Waals surface area (Å²) in [5.41, 5.74) is -1.16. The molecule has 5 rings (SSSR count). The number of nitrogens with zero attached hydrogens (tertiary/aromatic N) is 6. The van der Waals surface area contributed by atoms with Crippen molar-refractivity contribution in [3.63, 3.8) is 0 Å². The van der Waals surface area contributed by atoms with Gasteiger partial charge < -0.3 is 5.32 Å². The molecule has 184 valence electrons. The Bertz CT molecular complexity index is 1820. The van der Waals surface area contributed by atoms with Crippen molar-refractivity contribution in [1.29, 1.82) is 0 Å². The largest absolute Gasteiger partial charge is 0.355 e. The second-order valence-corrected chi connectivity index (χ2v) is 8.71. The molecule has 0 spiro atoms. The van der Waals surface area contributed by atoms with Gasteiger partial charge in [0.05, 0.1) is 43.2 Å². The zero-order chi connectivity index (χ0) is 27.4. The monoisotopic (exact) mass is 535 g/mol. The molecule has 0 bridgehead atoms. The van der Waals surface area contributed by atoms with Gasteiger partial charge in [0.25, 0.3) is 0 Å². The summed E-state index contributed by atoms with van der Waals surface area (Å²) >= 11 is 7.40. The first-order chi connectivity index (χ1) is 18.0. The summed E-state index contributed by atoms with van der Waals surface area (Å²) in [6.07, 6.45) is 1.69. The fraction of sp³-hybridized carbons (Fsp3) is 0.136. The molecule has 3 aromatic heterocycles. The first-order valence-electron chi connectivity index (χ1n) is 11.1. The van der Waals surface area contributed by atoms with E-state index < -0.39 is 53.4 Å². The molecule has 0 atom stereocenters. The minimum Gasteiger partial charge on any atom is -0.324 e. The molecule has 0 aliphatic heterocycles. The third-order valence-corrected chi connectivity index (χ3v) is 6.00. The molecule has 14 heteroatoms. The molecule has 0 radical (unpaired) electrons. The van der Waals surface area contributed by atoms with Gasteiger partial charge in [-0.05, 0) is 18.2 Å². The fourth-order valence-corrected chi connectivity index (χ4v) is 4.13. The Morgan fingerprint density at radius 1 is 1.11 bits per heavy atom. The van der Waals surface area contributed by atoms with Crippen LogP contribution < -0.4 is 16.7 Å². The maximum Gasteiger partial charge on any atom is 0.355 e. The first kappa shape index (κ1) is 21.3. The van der Waals surface area contributed by atoms with Gasteiger partial charge in [0.2, 0.25) is 5.95 Å². The van der Waals surface area contributed by atoms with Crippen LogP contribution in [0.5, 0.6) is 0 Å². The molecule has 0 unspecified atom stereocenters. The van der Waals surface area contributed by atoms with Gasteiger partial charge in [-0.25, -0.2) is 32.3 Å². The van der Waals surface area contributed by atoms with Crippen molar-refractivity contribution in [3.8, 4) is 0 Å². The summed E-state index contributed by atoms with van der Waals surface area (Å²) in [6.45, 7) is -3.47. The van der Waals surface area contributed by atoms with E-state index in [1.165, 1.54) is 17.0 Å². The maximum absolute atomic E-state index is 14.5. The summed E-state index contributed by atoms with van der Waals surface area (Å²) in [6, 6.07) is 3.96. The maximum atomic E-state index is 14.5. The lowest BCUT2D eigenvalue weighted by Crippen LogP contribution is -2.43. The van der Waals surface area contributed by atoms with Crippen molar-refractivity contribution in [2.24, 2.45) is 7.05 Å². The van der Waals surface area contributed by atoms with Crippen molar-refractivity contribution in [1.82, 2.24) is 28.9 Å². The molecule has 0 amide bonds. The van der Waals surface area contributed by atoms with E-state index in [0.717, 1.165) is 11.3 Å². The number of aromatic nitrogens is 6. The molecule has 3 heterocycles. The fourth-order valence-electron chi connectivity index (χ4n) is 3.45. The van der Waals surface area contributed by atoms with E-state index in [0.29, 0.717) is 27.6 Å². The third-order valence-electron chi connectivity index (χ3n) is 5.10. The van der Waals surface area contributed by atoms with E-state index in [1.807, 2.05) is 0 Å². The SMILES string of the molecule is [2H]C([2H])(c1cscn1)n1c(=O)nc(Nc2cc3cn(C)nc3cc2Cl)n(Cc2cc(F)c(F)cc2F)c1=O. The van der Waals surface area contributed by atoms with Crippen LogP contribution in [0.3, 0.4) is 0 Å². The molecule has 36 heavy (non-hydrogen) atoms. The van der Waals surface area contributed by atoms with E-state index in [1.54, 1.807) is 24.0 Å². The van der Waals surface area contributed by atoms with Crippen LogP contribution in [0.25, 0.3) is 10.9 Å². The number of nitrogens with one attached hydrogen (secondary N) is 1. The highest BCUT2D eigenvalue weighted by Gasteiger charge is 2.19. The number of hydrogen-bond donors (Lipinski definition) is 1. The van der Waals surface area contributed by atoms with Gasteiger partial charge in [0, 0.05) is 35.6 Å². The average molecular weight is 536 g/mol. The molecule has 0 saturated heterocycles. The van der Waals surface area contributed by atoms with Gasteiger partial charge >= 0.3 is 11.4 Å². The summed E-state index contributed by atoms with van der Waals surface area (Å²) in [7, 11) is 1.70. The molecule has 5 aromatic rings. The van der Waals surface area contributed by atoms with E-state index in [-0.39, 0.29) is 21.0 Å². The average Bonchev–Trinajstić information content (AvgIpc) is 3.49.